The largest absolute Gasteiger partial charge is 0.504 e. The van der Waals surface area contributed by atoms with Crippen LogP contribution in [-0.2, 0) is 0 Å². The van der Waals surface area contributed by atoms with Crippen molar-refractivity contribution in [3.05, 3.63) is 41.7 Å². The Morgan fingerprint density at radius 2 is 1.88 bits per heavy atom. The Bertz CT molecular complexity index is 736. The summed E-state index contributed by atoms with van der Waals surface area (Å²) in [5, 5.41) is 17.8. The number of carbonyl (C=O) groups excluding carboxylic acids is 1. The molecule has 1 fully saturated rings. The Balaban J connectivity index is 0.00000243. The van der Waals surface area contributed by atoms with Crippen molar-refractivity contribution in [2.24, 2.45) is 0 Å². The highest BCUT2D eigenvalue weighted by molar-refractivity contribution is 5.94. The van der Waals surface area contributed by atoms with Gasteiger partial charge in [-0.15, -0.1) is 12.4 Å². The second-order valence-electron chi connectivity index (χ2n) is 6.95. The number of hydrogen-bond acceptors (Lipinski definition) is 4. The molecule has 0 bridgehead atoms. The average Bonchev–Trinajstić information content (AvgIpc) is 3.03. The van der Waals surface area contributed by atoms with Gasteiger partial charge < -0.3 is 15.3 Å². The van der Waals surface area contributed by atoms with E-state index in [0.29, 0.717) is 5.92 Å². The first-order valence-electron chi connectivity index (χ1n) is 8.84. The fraction of sp³-hybridized carbons (Fsp3) is 0.474. The molecule has 1 amide bonds. The summed E-state index contributed by atoms with van der Waals surface area (Å²) in [4.78, 5) is 14.4. The Kier molecular flexibility index (Phi) is 6.67. The van der Waals surface area contributed by atoms with Gasteiger partial charge in [0.05, 0.1) is 11.9 Å². The number of hydrogen-bond donors (Lipinski definition) is 2. The number of carbonyl (C=O) groups is 1. The van der Waals surface area contributed by atoms with Crippen LogP contribution in [0.3, 0.4) is 0 Å². The Morgan fingerprint density at radius 1 is 1.27 bits per heavy atom. The molecule has 2 N–H and O–H groups in total. The third kappa shape index (κ3) is 4.19. The monoisotopic (exact) mass is 378 g/mol. The molecule has 3 rings (SSSR count). The van der Waals surface area contributed by atoms with E-state index in [1.807, 2.05) is 24.3 Å². The van der Waals surface area contributed by atoms with Crippen molar-refractivity contribution in [3.8, 4) is 11.4 Å². The van der Waals surface area contributed by atoms with E-state index in [4.69, 9.17) is 0 Å². The van der Waals surface area contributed by atoms with Crippen LogP contribution >= 0.6 is 12.4 Å². The SMILES string of the molecule is CC(C)c1ccc(-n2cc(O)c(C(=O)N(C)C3CCNCC3)n2)cc1.Cl. The van der Waals surface area contributed by atoms with E-state index in [9.17, 15) is 9.90 Å². The van der Waals surface area contributed by atoms with Gasteiger partial charge in [-0.3, -0.25) is 4.79 Å². The normalized spacial score (nSPS) is 14.9. The van der Waals surface area contributed by atoms with Gasteiger partial charge in [0, 0.05) is 13.1 Å². The van der Waals surface area contributed by atoms with Crippen LogP contribution in [0.4, 0.5) is 0 Å². The minimum Gasteiger partial charge on any atom is -0.504 e. The fourth-order valence-electron chi connectivity index (χ4n) is 3.19. The summed E-state index contributed by atoms with van der Waals surface area (Å²) in [6.07, 6.45) is 3.33. The molecule has 142 valence electrons. The van der Waals surface area contributed by atoms with Crippen molar-refractivity contribution in [1.82, 2.24) is 20.0 Å². The Morgan fingerprint density at radius 3 is 2.46 bits per heavy atom. The van der Waals surface area contributed by atoms with Gasteiger partial charge in [-0.25, -0.2) is 4.68 Å². The summed E-state index contributed by atoms with van der Waals surface area (Å²) in [7, 11) is 1.79. The summed E-state index contributed by atoms with van der Waals surface area (Å²) in [5.41, 5.74) is 2.17. The number of piperidine rings is 1. The molecule has 0 atom stereocenters. The van der Waals surface area contributed by atoms with Crippen LogP contribution in [0.5, 0.6) is 5.75 Å². The Labute approximate surface area is 160 Å². The molecule has 0 radical (unpaired) electrons. The van der Waals surface area contributed by atoms with E-state index in [2.05, 4.69) is 24.3 Å². The van der Waals surface area contributed by atoms with Crippen molar-refractivity contribution >= 4 is 18.3 Å². The van der Waals surface area contributed by atoms with Crippen LogP contribution in [0.2, 0.25) is 0 Å². The highest BCUT2D eigenvalue weighted by Crippen LogP contribution is 2.23. The number of rotatable bonds is 4. The highest BCUT2D eigenvalue weighted by atomic mass is 35.5. The number of halogens is 1. The van der Waals surface area contributed by atoms with E-state index in [-0.39, 0.29) is 35.8 Å². The van der Waals surface area contributed by atoms with Gasteiger partial charge in [0.1, 0.15) is 0 Å². The molecular formula is C19H27ClN4O2. The average molecular weight is 379 g/mol. The van der Waals surface area contributed by atoms with Crippen LogP contribution in [0.15, 0.2) is 30.5 Å². The van der Waals surface area contributed by atoms with E-state index in [0.717, 1.165) is 31.6 Å². The lowest BCUT2D eigenvalue weighted by Gasteiger charge is -2.31. The molecule has 7 heteroatoms. The van der Waals surface area contributed by atoms with Crippen LogP contribution in [0, 0.1) is 0 Å². The number of nitrogens with zero attached hydrogens (tertiary/aromatic N) is 3. The van der Waals surface area contributed by atoms with E-state index >= 15 is 0 Å². The summed E-state index contributed by atoms with van der Waals surface area (Å²) < 4.78 is 1.56. The van der Waals surface area contributed by atoms with Crippen LogP contribution < -0.4 is 5.32 Å². The third-order valence-corrected chi connectivity index (χ3v) is 4.90. The van der Waals surface area contributed by atoms with Crippen LogP contribution in [0.25, 0.3) is 5.69 Å². The maximum absolute atomic E-state index is 12.7. The maximum Gasteiger partial charge on any atom is 0.278 e. The molecule has 26 heavy (non-hydrogen) atoms. The van der Waals surface area contributed by atoms with Gasteiger partial charge in [-0.2, -0.15) is 5.10 Å². The summed E-state index contributed by atoms with van der Waals surface area (Å²) >= 11 is 0. The standard InChI is InChI=1S/C19H26N4O2.ClH/c1-13(2)14-4-6-16(7-5-14)23-12-17(24)18(21-23)19(25)22(3)15-8-10-20-11-9-15;/h4-7,12-13,15,20,24H,8-11H2,1-3H3;1H. The lowest BCUT2D eigenvalue weighted by atomic mass is 10.0. The molecule has 6 nitrogen and oxygen atoms in total. The molecule has 1 aromatic carbocycles. The molecule has 0 aliphatic carbocycles. The Hall–Kier alpha value is -2.05. The molecule has 1 aliphatic heterocycles. The minimum atomic E-state index is -0.234. The molecule has 1 aromatic heterocycles. The predicted octanol–water partition coefficient (Wildman–Crippen LogP) is 2.95. The quantitative estimate of drug-likeness (QED) is 0.858. The van der Waals surface area contributed by atoms with Gasteiger partial charge in [0.15, 0.2) is 11.4 Å². The van der Waals surface area contributed by atoms with Crippen LogP contribution in [0.1, 0.15) is 48.7 Å². The zero-order valence-electron chi connectivity index (χ0n) is 15.5. The molecular weight excluding hydrogens is 352 g/mol. The smallest absolute Gasteiger partial charge is 0.278 e. The molecule has 2 heterocycles. The molecule has 2 aromatic rings. The third-order valence-electron chi connectivity index (χ3n) is 4.90. The number of amides is 1. The molecule has 1 aliphatic rings. The van der Waals surface area contributed by atoms with E-state index < -0.39 is 0 Å². The van der Waals surface area contributed by atoms with E-state index in [1.54, 1.807) is 16.6 Å². The molecule has 0 saturated carbocycles. The summed E-state index contributed by atoms with van der Waals surface area (Å²) in [6, 6.07) is 8.17. The highest BCUT2D eigenvalue weighted by Gasteiger charge is 2.27. The lowest BCUT2D eigenvalue weighted by molar-refractivity contribution is 0.0694. The van der Waals surface area contributed by atoms with Gasteiger partial charge >= 0.3 is 0 Å². The minimum absolute atomic E-state index is 0. The number of aromatic nitrogens is 2. The number of nitrogens with one attached hydrogen (secondary N) is 1. The van der Waals surface area contributed by atoms with Crippen molar-refractivity contribution in [2.45, 2.75) is 38.6 Å². The number of benzene rings is 1. The van der Waals surface area contributed by atoms with Gasteiger partial charge in [0.25, 0.3) is 5.91 Å². The van der Waals surface area contributed by atoms with Gasteiger partial charge in [-0.1, -0.05) is 26.0 Å². The first-order chi connectivity index (χ1) is 12.0. The van der Waals surface area contributed by atoms with Gasteiger partial charge in [-0.05, 0) is 49.5 Å². The molecule has 0 unspecified atom stereocenters. The summed E-state index contributed by atoms with van der Waals surface area (Å²) in [6.45, 7) is 6.10. The van der Waals surface area contributed by atoms with Crippen molar-refractivity contribution < 1.29 is 9.90 Å². The zero-order chi connectivity index (χ0) is 18.0. The first-order valence-corrected chi connectivity index (χ1v) is 8.84. The first kappa shape index (κ1) is 20.3. The zero-order valence-corrected chi connectivity index (χ0v) is 16.3. The van der Waals surface area contributed by atoms with Crippen molar-refractivity contribution in [3.63, 3.8) is 0 Å². The van der Waals surface area contributed by atoms with Crippen molar-refractivity contribution in [2.75, 3.05) is 20.1 Å². The lowest BCUT2D eigenvalue weighted by Crippen LogP contribution is -2.44. The fourth-order valence-corrected chi connectivity index (χ4v) is 3.19. The van der Waals surface area contributed by atoms with Crippen molar-refractivity contribution in [1.29, 1.82) is 0 Å². The molecule has 0 spiro atoms. The second kappa shape index (κ2) is 8.56. The topological polar surface area (TPSA) is 70.4 Å². The predicted molar refractivity (Wildman–Crippen MR) is 105 cm³/mol. The number of aromatic hydroxyl groups is 1. The molecule has 1 saturated heterocycles. The van der Waals surface area contributed by atoms with E-state index in [1.165, 1.54) is 11.8 Å². The second-order valence-corrected chi connectivity index (χ2v) is 6.95. The maximum atomic E-state index is 12.7. The van der Waals surface area contributed by atoms with Gasteiger partial charge in [0.2, 0.25) is 0 Å². The van der Waals surface area contributed by atoms with Crippen LogP contribution in [-0.4, -0.2) is 51.9 Å². The summed E-state index contributed by atoms with van der Waals surface area (Å²) in [5.74, 6) is 0.136.